The molecule has 1 aromatic heterocycles. The van der Waals surface area contributed by atoms with E-state index in [0.29, 0.717) is 5.76 Å². The molecule has 0 saturated carbocycles. The Balaban J connectivity index is 1.82. The van der Waals surface area contributed by atoms with E-state index < -0.39 is 52.0 Å². The maximum absolute atomic E-state index is 13.4. The summed E-state index contributed by atoms with van der Waals surface area (Å²) in [4.78, 5) is 26.4. The number of fused-ring (bicyclic) bond motifs is 4. The number of hydrogen-bond donors (Lipinski definition) is 6. The second-order valence-corrected chi connectivity index (χ2v) is 9.82. The average molecular weight is 530 g/mol. The summed E-state index contributed by atoms with van der Waals surface area (Å²) in [7, 11) is 0. The molecule has 4 aromatic carbocycles. The first-order valence-corrected chi connectivity index (χ1v) is 12.0. The van der Waals surface area contributed by atoms with Gasteiger partial charge in [-0.15, -0.1) is 0 Å². The number of phenols is 5. The summed E-state index contributed by atoms with van der Waals surface area (Å²) in [5, 5.41) is 64.5. The van der Waals surface area contributed by atoms with Crippen molar-refractivity contribution < 1.29 is 44.6 Å². The number of rotatable bonds is 1. The summed E-state index contributed by atoms with van der Waals surface area (Å²) in [5.74, 6) is -3.84. The van der Waals surface area contributed by atoms with Crippen molar-refractivity contribution in [2.75, 3.05) is 0 Å². The highest BCUT2D eigenvalue weighted by Gasteiger charge is 2.36. The van der Waals surface area contributed by atoms with Gasteiger partial charge in [0.05, 0.1) is 16.7 Å². The number of ketones is 1. The fourth-order valence-electron chi connectivity index (χ4n) is 5.41. The monoisotopic (exact) mass is 530 g/mol. The van der Waals surface area contributed by atoms with Crippen LogP contribution in [0.15, 0.2) is 39.5 Å². The van der Waals surface area contributed by atoms with Crippen LogP contribution in [0, 0.1) is 12.8 Å². The van der Waals surface area contributed by atoms with Crippen molar-refractivity contribution in [3.05, 3.63) is 51.9 Å². The van der Waals surface area contributed by atoms with Crippen LogP contribution in [-0.2, 0) is 0 Å². The van der Waals surface area contributed by atoms with Crippen LogP contribution in [0.2, 0.25) is 0 Å². The molecule has 198 valence electrons. The number of aromatic hydroxyl groups is 6. The Kier molecular flexibility index (Phi) is 4.93. The van der Waals surface area contributed by atoms with Gasteiger partial charge < -0.3 is 39.8 Å². The average Bonchev–Trinajstić information content (AvgIpc) is 2.83. The lowest BCUT2D eigenvalue weighted by Crippen LogP contribution is -2.33. The molecule has 1 aliphatic heterocycles. The molecule has 39 heavy (non-hydrogen) atoms. The highest BCUT2D eigenvalue weighted by molar-refractivity contribution is 6.19. The second-order valence-electron chi connectivity index (χ2n) is 9.82. The van der Waals surface area contributed by atoms with Gasteiger partial charge in [-0.25, -0.2) is 0 Å². The van der Waals surface area contributed by atoms with Crippen molar-refractivity contribution in [1.29, 1.82) is 0 Å². The molecule has 0 spiro atoms. The fraction of sp³-hybridized carbons (Fsp3) is 0.172. The number of Topliss-reactive ketones (excluding diaryl/α,β-unsaturated/α-hetero) is 1. The molecule has 2 atom stereocenters. The Morgan fingerprint density at radius 2 is 1.28 bits per heavy atom. The fourth-order valence-corrected chi connectivity index (χ4v) is 5.41. The van der Waals surface area contributed by atoms with Crippen molar-refractivity contribution in [1.82, 2.24) is 0 Å². The first-order chi connectivity index (χ1) is 18.4. The zero-order valence-corrected chi connectivity index (χ0v) is 20.9. The van der Waals surface area contributed by atoms with Crippen LogP contribution in [-0.4, -0.2) is 42.5 Å². The van der Waals surface area contributed by atoms with Crippen LogP contribution >= 0.6 is 0 Å². The highest BCUT2D eigenvalue weighted by atomic mass is 16.5. The van der Waals surface area contributed by atoms with Gasteiger partial charge >= 0.3 is 0 Å². The van der Waals surface area contributed by atoms with E-state index in [0.717, 1.165) is 12.1 Å². The van der Waals surface area contributed by atoms with Gasteiger partial charge in [-0.2, -0.15) is 0 Å². The van der Waals surface area contributed by atoms with Gasteiger partial charge in [0, 0.05) is 40.1 Å². The summed E-state index contributed by atoms with van der Waals surface area (Å²) in [6, 6.07) is 5.71. The molecule has 0 fully saturated rings. The number of ether oxygens (including phenoxy) is 1. The minimum absolute atomic E-state index is 0.00114. The summed E-state index contributed by atoms with van der Waals surface area (Å²) in [5.41, 5.74) is -1.28. The smallest absolute Gasteiger partial charge is 0.190 e. The third kappa shape index (κ3) is 3.21. The van der Waals surface area contributed by atoms with E-state index in [1.165, 1.54) is 18.2 Å². The van der Waals surface area contributed by atoms with Gasteiger partial charge in [-0.05, 0) is 26.0 Å². The minimum Gasteiger partial charge on any atom is -0.507 e. The third-order valence-corrected chi connectivity index (χ3v) is 7.42. The molecule has 0 radical (unpaired) electrons. The molecule has 6 N–H and O–H groups in total. The lowest BCUT2D eigenvalue weighted by molar-refractivity contribution is 0.0726. The first-order valence-electron chi connectivity index (χ1n) is 12.0. The number of aryl methyl sites for hydroxylation is 1. The highest BCUT2D eigenvalue weighted by Crippen LogP contribution is 2.52. The maximum Gasteiger partial charge on any atom is 0.190 e. The van der Waals surface area contributed by atoms with Gasteiger partial charge in [-0.1, -0.05) is 6.92 Å². The van der Waals surface area contributed by atoms with E-state index in [1.807, 2.05) is 0 Å². The van der Waals surface area contributed by atoms with Crippen LogP contribution in [0.3, 0.4) is 0 Å². The predicted molar refractivity (Wildman–Crippen MR) is 141 cm³/mol. The molecular formula is C29H22O10. The SMILES string of the molecule is Cc1cc(O)c2c(O)c3c(O)cc(=O)c(-c4c(O)cc(O)c5c(O)c6c(cc45)O[C@H](C)[C@@H](C)C6=O)c3cc2o1. The molecule has 0 saturated heterocycles. The van der Waals surface area contributed by atoms with Crippen LogP contribution in [0.5, 0.6) is 40.2 Å². The van der Waals surface area contributed by atoms with Crippen molar-refractivity contribution in [2.45, 2.75) is 26.9 Å². The van der Waals surface area contributed by atoms with E-state index in [1.54, 1.807) is 20.8 Å². The summed E-state index contributed by atoms with van der Waals surface area (Å²) in [6.07, 6.45) is -0.540. The Hall–Kier alpha value is -5.12. The van der Waals surface area contributed by atoms with Gasteiger partial charge in [0.25, 0.3) is 0 Å². The minimum atomic E-state index is -0.769. The molecule has 0 aliphatic carbocycles. The Bertz CT molecular complexity index is 1990. The second kappa shape index (κ2) is 7.94. The normalized spacial score (nSPS) is 17.1. The zero-order chi connectivity index (χ0) is 28.1. The molecule has 1 aliphatic rings. The van der Waals surface area contributed by atoms with E-state index in [-0.39, 0.29) is 60.7 Å². The Morgan fingerprint density at radius 1 is 0.667 bits per heavy atom. The first kappa shape index (κ1) is 24.2. The number of hydrogen-bond acceptors (Lipinski definition) is 10. The Morgan fingerprint density at radius 3 is 2.00 bits per heavy atom. The van der Waals surface area contributed by atoms with E-state index in [9.17, 15) is 40.2 Å². The molecule has 5 aromatic rings. The molecule has 0 unspecified atom stereocenters. The van der Waals surface area contributed by atoms with Crippen molar-refractivity contribution in [3.8, 4) is 51.4 Å². The quantitative estimate of drug-likeness (QED) is 0.163. The van der Waals surface area contributed by atoms with Crippen molar-refractivity contribution in [2.24, 2.45) is 5.92 Å². The maximum atomic E-state index is 13.4. The van der Waals surface area contributed by atoms with E-state index >= 15 is 0 Å². The molecule has 0 bridgehead atoms. The largest absolute Gasteiger partial charge is 0.507 e. The summed E-state index contributed by atoms with van der Waals surface area (Å²) in [6.45, 7) is 4.90. The summed E-state index contributed by atoms with van der Waals surface area (Å²) >= 11 is 0. The lowest BCUT2D eigenvalue weighted by Gasteiger charge is -2.29. The van der Waals surface area contributed by atoms with E-state index in [2.05, 4.69) is 0 Å². The number of phenolic OH excluding ortho intramolecular Hbond substituents is 5. The predicted octanol–water partition coefficient (Wildman–Crippen LogP) is 4.91. The standard InChI is InChI=1S/C29H22O10/c1-9-4-14(30)25-19(38-9)5-12-21(15(31)7-17(33)23(12)28(25)36)22-13-6-20-26(27(35)10(2)11(3)39-20)29(37)24(13)18(34)8-16(22)32/h4-8,10-11,30,32-34,36-37H,1-3H3/t10-,11-/m1/s1. The Labute approximate surface area is 219 Å². The molecule has 2 heterocycles. The third-order valence-electron chi connectivity index (χ3n) is 7.42. The van der Waals surface area contributed by atoms with Crippen LogP contribution in [0.25, 0.3) is 43.6 Å². The summed E-state index contributed by atoms with van der Waals surface area (Å²) < 4.78 is 11.5. The van der Waals surface area contributed by atoms with Crippen LogP contribution in [0.4, 0.5) is 0 Å². The van der Waals surface area contributed by atoms with Gasteiger partial charge in [0.1, 0.15) is 68.6 Å². The molecular weight excluding hydrogens is 508 g/mol. The van der Waals surface area contributed by atoms with Gasteiger partial charge in [-0.3, -0.25) is 9.59 Å². The van der Waals surface area contributed by atoms with Crippen LogP contribution in [0.1, 0.15) is 30.0 Å². The molecule has 0 amide bonds. The van der Waals surface area contributed by atoms with Gasteiger partial charge in [0.2, 0.25) is 0 Å². The number of carbonyl (C=O) groups excluding carboxylic acids is 1. The zero-order valence-electron chi connectivity index (χ0n) is 20.9. The van der Waals surface area contributed by atoms with Gasteiger partial charge in [0.15, 0.2) is 11.2 Å². The van der Waals surface area contributed by atoms with Crippen molar-refractivity contribution in [3.63, 3.8) is 0 Å². The van der Waals surface area contributed by atoms with Crippen LogP contribution < -0.4 is 10.2 Å². The molecule has 10 nitrogen and oxygen atoms in total. The molecule has 10 heteroatoms. The topological polar surface area (TPSA) is 178 Å². The molecule has 6 rings (SSSR count). The lowest BCUT2D eigenvalue weighted by atomic mass is 9.86. The van der Waals surface area contributed by atoms with E-state index in [4.69, 9.17) is 9.15 Å². The van der Waals surface area contributed by atoms with Crippen molar-refractivity contribution >= 4 is 38.3 Å². The number of carbonyl (C=O) groups is 1. The number of benzene rings is 4.